The Bertz CT molecular complexity index is 1040. The van der Waals surface area contributed by atoms with E-state index in [4.69, 9.17) is 4.74 Å². The second-order valence-corrected chi connectivity index (χ2v) is 8.45. The Labute approximate surface area is 176 Å². The summed E-state index contributed by atoms with van der Waals surface area (Å²) in [6.45, 7) is 5.33. The van der Waals surface area contributed by atoms with Crippen LogP contribution in [0.15, 0.2) is 30.3 Å². The maximum atomic E-state index is 13.1. The summed E-state index contributed by atoms with van der Waals surface area (Å²) in [4.78, 5) is 39.7. The third kappa shape index (κ3) is 3.38. The summed E-state index contributed by atoms with van der Waals surface area (Å²) in [7, 11) is 1.57. The van der Waals surface area contributed by atoms with Gasteiger partial charge < -0.3 is 14.6 Å². The van der Waals surface area contributed by atoms with Gasteiger partial charge in [-0.25, -0.2) is 4.79 Å². The number of Topliss-reactive ketones (excluding diaryl/α,β-unsaturated/α-hetero) is 1. The molecule has 7 heteroatoms. The minimum Gasteiger partial charge on any atom is -0.496 e. The summed E-state index contributed by atoms with van der Waals surface area (Å²) in [5.74, 6) is 0.0330. The highest BCUT2D eigenvalue weighted by atomic mass is 16.5. The molecular formula is C23H27N3O4. The van der Waals surface area contributed by atoms with Crippen molar-refractivity contribution in [2.45, 2.75) is 51.6 Å². The van der Waals surface area contributed by atoms with Crippen LogP contribution in [0.25, 0.3) is 0 Å². The number of rotatable bonds is 7. The second kappa shape index (κ2) is 7.31. The first-order valence-electron chi connectivity index (χ1n) is 10.2. The number of imide groups is 1. The monoisotopic (exact) mass is 409 g/mol. The summed E-state index contributed by atoms with van der Waals surface area (Å²) in [6, 6.07) is 9.18. The number of carbonyl (C=O) groups excluding carboxylic acids is 3. The van der Waals surface area contributed by atoms with E-state index in [1.165, 1.54) is 0 Å². The molecule has 0 radical (unpaired) electrons. The molecule has 30 heavy (non-hydrogen) atoms. The predicted octanol–water partition coefficient (Wildman–Crippen LogP) is 3.18. The number of aryl methyl sites for hydroxylation is 1. The van der Waals surface area contributed by atoms with Gasteiger partial charge in [0.2, 0.25) is 0 Å². The van der Waals surface area contributed by atoms with Crippen LogP contribution in [0.3, 0.4) is 0 Å². The highest BCUT2D eigenvalue weighted by Crippen LogP contribution is 2.38. The lowest BCUT2D eigenvalue weighted by molar-refractivity contribution is -0.130. The van der Waals surface area contributed by atoms with Crippen molar-refractivity contribution in [1.82, 2.24) is 14.8 Å². The zero-order chi connectivity index (χ0) is 21.6. The number of para-hydroxylation sites is 1. The zero-order valence-electron chi connectivity index (χ0n) is 17.8. The molecule has 1 saturated carbocycles. The van der Waals surface area contributed by atoms with Crippen LogP contribution in [0.5, 0.6) is 5.75 Å². The molecule has 0 bridgehead atoms. The van der Waals surface area contributed by atoms with E-state index >= 15 is 0 Å². The Morgan fingerprint density at radius 2 is 1.93 bits per heavy atom. The molecule has 0 spiro atoms. The number of urea groups is 1. The van der Waals surface area contributed by atoms with E-state index in [9.17, 15) is 14.4 Å². The smallest absolute Gasteiger partial charge is 0.325 e. The van der Waals surface area contributed by atoms with Crippen molar-refractivity contribution in [1.29, 1.82) is 0 Å². The van der Waals surface area contributed by atoms with Crippen LogP contribution >= 0.6 is 0 Å². The Hall–Kier alpha value is -3.09. The molecule has 7 nitrogen and oxygen atoms in total. The minimum absolute atomic E-state index is 0.222. The second-order valence-electron chi connectivity index (χ2n) is 8.45. The Balaban J connectivity index is 1.53. The summed E-state index contributed by atoms with van der Waals surface area (Å²) in [6.07, 6.45) is 2.53. The first-order valence-corrected chi connectivity index (χ1v) is 10.2. The third-order valence-corrected chi connectivity index (χ3v) is 6.08. The molecular weight excluding hydrogens is 382 g/mol. The van der Waals surface area contributed by atoms with Gasteiger partial charge in [-0.15, -0.1) is 0 Å². The fraction of sp³-hybridized carbons (Fsp3) is 0.435. The molecule has 1 aromatic carbocycles. The molecule has 1 N–H and O–H groups in total. The minimum atomic E-state index is -1.13. The van der Waals surface area contributed by atoms with Gasteiger partial charge in [0.05, 0.1) is 13.7 Å². The molecule has 158 valence electrons. The van der Waals surface area contributed by atoms with E-state index in [-0.39, 0.29) is 18.7 Å². The average molecular weight is 409 g/mol. The number of hydrogen-bond donors (Lipinski definition) is 1. The molecule has 3 amide bonds. The molecule has 1 aliphatic heterocycles. The molecule has 2 aromatic rings. The Morgan fingerprint density at radius 1 is 1.23 bits per heavy atom. The molecule has 1 atom stereocenters. The largest absolute Gasteiger partial charge is 0.496 e. The van der Waals surface area contributed by atoms with Crippen molar-refractivity contribution in [2.24, 2.45) is 0 Å². The van der Waals surface area contributed by atoms with Crippen molar-refractivity contribution in [3.8, 4) is 5.75 Å². The quantitative estimate of drug-likeness (QED) is 0.563. The molecule has 1 aliphatic carbocycles. The number of amides is 3. The first kappa shape index (κ1) is 20.2. The number of ketones is 1. The molecule has 4 rings (SSSR count). The van der Waals surface area contributed by atoms with E-state index in [2.05, 4.69) is 9.88 Å². The summed E-state index contributed by atoms with van der Waals surface area (Å²) < 4.78 is 7.55. The van der Waals surface area contributed by atoms with E-state index in [1.807, 2.05) is 44.2 Å². The van der Waals surface area contributed by atoms with Gasteiger partial charge in [0.1, 0.15) is 11.3 Å². The number of aromatic nitrogens is 1. The summed E-state index contributed by atoms with van der Waals surface area (Å²) in [5.41, 5.74) is 2.22. The highest BCUT2D eigenvalue weighted by Gasteiger charge is 2.48. The SMILES string of the molecule is COc1ccccc1CC1(C)NC(=O)N(CC(=O)c2cc(C)n(C3CC3)c2C)C1=O. The standard InChI is InChI=1S/C23H27N3O4/c1-14-11-18(15(2)26(14)17-9-10-17)19(27)13-25-21(28)23(3,24-22(25)29)12-16-7-5-6-8-20(16)30-4/h5-8,11,17H,9-10,12-13H2,1-4H3,(H,24,29). The Kier molecular flexibility index (Phi) is 4.92. The number of hydrogen-bond acceptors (Lipinski definition) is 4. The normalized spacial score (nSPS) is 21.1. The average Bonchev–Trinajstić information content (AvgIpc) is 3.46. The molecule has 1 saturated heterocycles. The van der Waals surface area contributed by atoms with Gasteiger partial charge in [-0.1, -0.05) is 18.2 Å². The van der Waals surface area contributed by atoms with Crippen LogP contribution in [-0.2, 0) is 11.2 Å². The van der Waals surface area contributed by atoms with Crippen LogP contribution in [0, 0.1) is 13.8 Å². The van der Waals surface area contributed by atoms with Crippen LogP contribution in [0.4, 0.5) is 4.79 Å². The van der Waals surface area contributed by atoms with Gasteiger partial charge in [0.25, 0.3) is 5.91 Å². The maximum absolute atomic E-state index is 13.1. The molecule has 1 unspecified atom stereocenters. The first-order chi connectivity index (χ1) is 14.2. The van der Waals surface area contributed by atoms with Crippen molar-refractivity contribution in [3.63, 3.8) is 0 Å². The van der Waals surface area contributed by atoms with Gasteiger partial charge in [-0.3, -0.25) is 14.5 Å². The third-order valence-electron chi connectivity index (χ3n) is 6.08. The van der Waals surface area contributed by atoms with Crippen molar-refractivity contribution < 1.29 is 19.1 Å². The lowest BCUT2D eigenvalue weighted by Gasteiger charge is -2.22. The number of benzene rings is 1. The van der Waals surface area contributed by atoms with Crippen molar-refractivity contribution in [3.05, 3.63) is 52.8 Å². The lowest BCUT2D eigenvalue weighted by atomic mass is 9.92. The van der Waals surface area contributed by atoms with Crippen LogP contribution < -0.4 is 10.1 Å². The van der Waals surface area contributed by atoms with E-state index in [0.717, 1.165) is 34.7 Å². The number of ether oxygens (including phenoxy) is 1. The van der Waals surface area contributed by atoms with Crippen LogP contribution in [-0.4, -0.2) is 46.4 Å². The molecule has 2 fully saturated rings. The topological polar surface area (TPSA) is 80.6 Å². The van der Waals surface area contributed by atoms with Gasteiger partial charge in [0.15, 0.2) is 5.78 Å². The summed E-state index contributed by atoms with van der Waals surface area (Å²) in [5, 5.41) is 2.77. The van der Waals surface area contributed by atoms with Gasteiger partial charge in [-0.05, 0) is 51.3 Å². The molecule has 1 aromatic heterocycles. The van der Waals surface area contributed by atoms with Gasteiger partial charge in [0, 0.05) is 29.4 Å². The van der Waals surface area contributed by atoms with E-state index in [1.54, 1.807) is 14.0 Å². The van der Waals surface area contributed by atoms with Crippen LogP contribution in [0.1, 0.15) is 53.1 Å². The van der Waals surface area contributed by atoms with E-state index < -0.39 is 17.5 Å². The maximum Gasteiger partial charge on any atom is 0.325 e. The lowest BCUT2D eigenvalue weighted by Crippen LogP contribution is -2.46. The number of nitrogens with zero attached hydrogens (tertiary/aromatic N) is 2. The fourth-order valence-electron chi connectivity index (χ4n) is 4.42. The highest BCUT2D eigenvalue weighted by molar-refractivity contribution is 6.11. The zero-order valence-corrected chi connectivity index (χ0v) is 17.8. The molecule has 2 aliphatic rings. The van der Waals surface area contributed by atoms with Gasteiger partial charge in [-0.2, -0.15) is 0 Å². The van der Waals surface area contributed by atoms with Crippen LogP contribution in [0.2, 0.25) is 0 Å². The van der Waals surface area contributed by atoms with Crippen molar-refractivity contribution in [2.75, 3.05) is 13.7 Å². The molecule has 2 heterocycles. The summed E-state index contributed by atoms with van der Waals surface area (Å²) >= 11 is 0. The number of carbonyl (C=O) groups is 3. The van der Waals surface area contributed by atoms with Gasteiger partial charge >= 0.3 is 6.03 Å². The van der Waals surface area contributed by atoms with Crippen molar-refractivity contribution >= 4 is 17.7 Å². The fourth-order valence-corrected chi connectivity index (χ4v) is 4.42. The predicted molar refractivity (Wildman–Crippen MR) is 112 cm³/mol. The van der Waals surface area contributed by atoms with E-state index in [0.29, 0.717) is 17.4 Å². The number of nitrogens with one attached hydrogen (secondary N) is 1. The Morgan fingerprint density at radius 3 is 2.60 bits per heavy atom. The number of methoxy groups -OCH3 is 1.